The third-order valence-electron chi connectivity index (χ3n) is 2.94. The highest BCUT2D eigenvalue weighted by atomic mass is 35.5. The molecule has 0 aliphatic heterocycles. The number of rotatable bonds is 3. The zero-order valence-electron chi connectivity index (χ0n) is 10.9. The van der Waals surface area contributed by atoms with Gasteiger partial charge in [0.1, 0.15) is 0 Å². The Labute approximate surface area is 112 Å². The molecular weight excluding hydrogens is 246 g/mol. The average molecular weight is 264 g/mol. The molecule has 96 valence electrons. The highest BCUT2D eigenvalue weighted by Crippen LogP contribution is 2.32. The number of aromatic nitrogens is 1. The standard InChI is InChI=1S/C14H18ClN3/c1-8(2)6-10-7-12(18-16)13-11(15)5-4-9(3)14(13)17-10/h4-5,7-8H,6,16H2,1-3H3,(H,17,18). The van der Waals surface area contributed by atoms with Gasteiger partial charge in [-0.25, -0.2) is 0 Å². The average Bonchev–Trinajstić information content (AvgIpc) is 2.32. The molecular formula is C14H18ClN3. The molecule has 0 spiro atoms. The summed E-state index contributed by atoms with van der Waals surface area (Å²) in [5, 5.41) is 1.57. The van der Waals surface area contributed by atoms with E-state index in [1.54, 1.807) is 0 Å². The van der Waals surface area contributed by atoms with Crippen molar-refractivity contribution in [2.24, 2.45) is 11.8 Å². The number of hydrogen-bond donors (Lipinski definition) is 2. The van der Waals surface area contributed by atoms with E-state index in [1.165, 1.54) is 0 Å². The summed E-state index contributed by atoms with van der Waals surface area (Å²) in [5.74, 6) is 6.15. The normalized spacial score (nSPS) is 11.2. The fourth-order valence-corrected chi connectivity index (χ4v) is 2.38. The molecule has 0 aliphatic rings. The van der Waals surface area contributed by atoms with Crippen LogP contribution in [-0.2, 0) is 6.42 Å². The molecule has 18 heavy (non-hydrogen) atoms. The van der Waals surface area contributed by atoms with Gasteiger partial charge in [0.05, 0.1) is 16.2 Å². The van der Waals surface area contributed by atoms with Gasteiger partial charge in [0.25, 0.3) is 0 Å². The van der Waals surface area contributed by atoms with Gasteiger partial charge in [-0.05, 0) is 37.0 Å². The van der Waals surface area contributed by atoms with Crippen LogP contribution in [0.1, 0.15) is 25.1 Å². The number of benzene rings is 1. The lowest BCUT2D eigenvalue weighted by Crippen LogP contribution is -2.09. The van der Waals surface area contributed by atoms with Gasteiger partial charge in [-0.3, -0.25) is 10.8 Å². The van der Waals surface area contributed by atoms with Crippen molar-refractivity contribution in [1.29, 1.82) is 0 Å². The molecule has 0 unspecified atom stereocenters. The largest absolute Gasteiger partial charge is 0.323 e. The number of aryl methyl sites for hydroxylation is 1. The van der Waals surface area contributed by atoms with Crippen molar-refractivity contribution < 1.29 is 0 Å². The zero-order valence-corrected chi connectivity index (χ0v) is 11.7. The summed E-state index contributed by atoms with van der Waals surface area (Å²) in [5.41, 5.74) is 6.63. The number of nitrogens with two attached hydrogens (primary N) is 1. The molecule has 0 fully saturated rings. The van der Waals surface area contributed by atoms with E-state index in [9.17, 15) is 0 Å². The molecule has 0 saturated heterocycles. The van der Waals surface area contributed by atoms with Crippen molar-refractivity contribution in [3.63, 3.8) is 0 Å². The van der Waals surface area contributed by atoms with E-state index in [0.717, 1.165) is 34.3 Å². The SMILES string of the molecule is Cc1ccc(Cl)c2c(NN)cc(CC(C)C)nc12. The van der Waals surface area contributed by atoms with E-state index in [4.69, 9.17) is 22.4 Å². The lowest BCUT2D eigenvalue weighted by molar-refractivity contribution is 0.637. The topological polar surface area (TPSA) is 50.9 Å². The summed E-state index contributed by atoms with van der Waals surface area (Å²) in [7, 11) is 0. The quantitative estimate of drug-likeness (QED) is 0.656. The minimum absolute atomic E-state index is 0.556. The first kappa shape index (κ1) is 13.1. The van der Waals surface area contributed by atoms with Gasteiger partial charge in [0.2, 0.25) is 0 Å². The van der Waals surface area contributed by atoms with E-state index in [-0.39, 0.29) is 0 Å². The Balaban J connectivity index is 2.71. The second-order valence-electron chi connectivity index (χ2n) is 4.99. The molecule has 0 bridgehead atoms. The van der Waals surface area contributed by atoms with Crippen LogP contribution in [0.4, 0.5) is 5.69 Å². The first-order valence-corrected chi connectivity index (χ1v) is 6.46. The van der Waals surface area contributed by atoms with Crippen LogP contribution >= 0.6 is 11.6 Å². The van der Waals surface area contributed by atoms with Crippen LogP contribution < -0.4 is 11.3 Å². The summed E-state index contributed by atoms with van der Waals surface area (Å²) < 4.78 is 0. The predicted molar refractivity (Wildman–Crippen MR) is 77.8 cm³/mol. The number of halogens is 1. The summed E-state index contributed by atoms with van der Waals surface area (Å²) in [6, 6.07) is 5.84. The molecule has 3 nitrogen and oxygen atoms in total. The maximum absolute atomic E-state index is 6.24. The molecule has 3 N–H and O–H groups in total. The Morgan fingerprint density at radius 1 is 1.39 bits per heavy atom. The summed E-state index contributed by atoms with van der Waals surface area (Å²) in [6.07, 6.45) is 0.927. The zero-order chi connectivity index (χ0) is 13.3. The smallest absolute Gasteiger partial charge is 0.0770 e. The Morgan fingerprint density at radius 3 is 2.72 bits per heavy atom. The number of hydrazine groups is 1. The maximum Gasteiger partial charge on any atom is 0.0770 e. The van der Waals surface area contributed by atoms with Crippen LogP contribution in [0, 0.1) is 12.8 Å². The Hall–Kier alpha value is -1.32. The lowest BCUT2D eigenvalue weighted by atomic mass is 10.0. The Kier molecular flexibility index (Phi) is 3.73. The molecule has 1 heterocycles. The highest BCUT2D eigenvalue weighted by Gasteiger charge is 2.11. The van der Waals surface area contributed by atoms with Gasteiger partial charge in [-0.2, -0.15) is 0 Å². The molecule has 0 radical (unpaired) electrons. The second-order valence-corrected chi connectivity index (χ2v) is 5.40. The molecule has 0 amide bonds. The van der Waals surface area contributed by atoms with Crippen molar-refractivity contribution in [2.45, 2.75) is 27.2 Å². The molecule has 2 aromatic rings. The third kappa shape index (κ3) is 2.42. The van der Waals surface area contributed by atoms with Gasteiger partial charge < -0.3 is 5.43 Å². The molecule has 2 rings (SSSR count). The van der Waals surface area contributed by atoms with Crippen molar-refractivity contribution in [1.82, 2.24) is 4.98 Å². The van der Waals surface area contributed by atoms with Gasteiger partial charge in [0, 0.05) is 11.1 Å². The fraction of sp³-hybridized carbons (Fsp3) is 0.357. The Morgan fingerprint density at radius 2 is 2.11 bits per heavy atom. The van der Waals surface area contributed by atoms with Gasteiger partial charge in [0.15, 0.2) is 0 Å². The minimum Gasteiger partial charge on any atom is -0.323 e. The van der Waals surface area contributed by atoms with Crippen LogP contribution in [0.25, 0.3) is 10.9 Å². The number of fused-ring (bicyclic) bond motifs is 1. The number of pyridine rings is 1. The van der Waals surface area contributed by atoms with E-state index >= 15 is 0 Å². The van der Waals surface area contributed by atoms with E-state index in [2.05, 4.69) is 19.3 Å². The highest BCUT2D eigenvalue weighted by molar-refractivity contribution is 6.36. The molecule has 4 heteroatoms. The van der Waals surface area contributed by atoms with Gasteiger partial charge in [-0.15, -0.1) is 0 Å². The summed E-state index contributed by atoms with van der Waals surface area (Å²) in [6.45, 7) is 6.38. The van der Waals surface area contributed by atoms with Crippen molar-refractivity contribution in [3.05, 3.63) is 34.5 Å². The van der Waals surface area contributed by atoms with E-state index < -0.39 is 0 Å². The number of nitrogens with one attached hydrogen (secondary N) is 1. The van der Waals surface area contributed by atoms with Crippen LogP contribution in [0.5, 0.6) is 0 Å². The number of hydrogen-bond acceptors (Lipinski definition) is 3. The van der Waals surface area contributed by atoms with Crippen LogP contribution in [0.2, 0.25) is 5.02 Å². The van der Waals surface area contributed by atoms with Crippen molar-refractivity contribution >= 4 is 28.2 Å². The van der Waals surface area contributed by atoms with Crippen molar-refractivity contribution in [3.8, 4) is 0 Å². The Bertz CT molecular complexity index is 579. The molecule has 1 aromatic heterocycles. The van der Waals surface area contributed by atoms with Gasteiger partial charge >= 0.3 is 0 Å². The lowest BCUT2D eigenvalue weighted by Gasteiger charge is -2.13. The van der Waals surface area contributed by atoms with E-state index in [0.29, 0.717) is 10.9 Å². The van der Waals surface area contributed by atoms with Gasteiger partial charge in [-0.1, -0.05) is 31.5 Å². The van der Waals surface area contributed by atoms with E-state index in [1.807, 2.05) is 25.1 Å². The number of nitrogen functional groups attached to an aromatic ring is 1. The molecule has 0 atom stereocenters. The second kappa shape index (κ2) is 5.12. The third-order valence-corrected chi connectivity index (χ3v) is 3.25. The minimum atomic E-state index is 0.556. The predicted octanol–water partition coefficient (Wildman–Crippen LogP) is 3.68. The number of nitrogens with zero attached hydrogens (tertiary/aromatic N) is 1. The maximum atomic E-state index is 6.24. The fourth-order valence-electron chi connectivity index (χ4n) is 2.12. The molecule has 1 aromatic carbocycles. The number of anilines is 1. The molecule has 0 saturated carbocycles. The van der Waals surface area contributed by atoms with Crippen molar-refractivity contribution in [2.75, 3.05) is 5.43 Å². The first-order chi connectivity index (χ1) is 8.52. The van der Waals surface area contributed by atoms with Crippen LogP contribution in [-0.4, -0.2) is 4.98 Å². The van der Waals surface area contributed by atoms with Crippen LogP contribution in [0.15, 0.2) is 18.2 Å². The first-order valence-electron chi connectivity index (χ1n) is 6.08. The monoisotopic (exact) mass is 263 g/mol. The van der Waals surface area contributed by atoms with Crippen LogP contribution in [0.3, 0.4) is 0 Å². The summed E-state index contributed by atoms with van der Waals surface area (Å²) in [4.78, 5) is 4.70. The summed E-state index contributed by atoms with van der Waals surface area (Å²) >= 11 is 6.24. The molecule has 0 aliphatic carbocycles.